The molecule has 0 saturated heterocycles. The second kappa shape index (κ2) is 15.2. The molecule has 9 atom stereocenters. The summed E-state index contributed by atoms with van der Waals surface area (Å²) in [6, 6.07) is 0. The summed E-state index contributed by atoms with van der Waals surface area (Å²) >= 11 is 0. The lowest BCUT2D eigenvalue weighted by Gasteiger charge is -2.58. The van der Waals surface area contributed by atoms with Gasteiger partial charge in [-0.1, -0.05) is 78.7 Å². The van der Waals surface area contributed by atoms with E-state index in [1.165, 1.54) is 57.4 Å². The van der Waals surface area contributed by atoms with Gasteiger partial charge in [0.1, 0.15) is 25.4 Å². The fourth-order valence-corrected chi connectivity index (χ4v) is 9.84. The highest BCUT2D eigenvalue weighted by Crippen LogP contribution is 2.67. The number of aliphatic hydroxyl groups is 1. The molecule has 3 saturated carbocycles. The lowest BCUT2D eigenvalue weighted by molar-refractivity contribution is -0.154. The van der Waals surface area contributed by atoms with Gasteiger partial charge in [0.05, 0.1) is 6.42 Å². The maximum Gasteiger partial charge on any atom is 0.334 e. The minimum Gasteiger partial charge on any atom is -0.462 e. The summed E-state index contributed by atoms with van der Waals surface area (Å²) in [5, 5.41) is 9.92. The SMILES string of the molecule is C=C(C)C(=O)OCC(O)COC(=O)C(=C)CC(=O)OC1CC[C@@]2(C)C(=CC[C@H]3[C@@H]4CC[C@H]([C@H](C)CCCC(C)C)[C@@]4(C)CC[C@@H]32)C1. The normalized spacial score (nSPS) is 33.0. The van der Waals surface area contributed by atoms with Gasteiger partial charge in [-0.2, -0.15) is 0 Å². The second-order valence-corrected chi connectivity index (χ2v) is 16.1. The molecule has 7 nitrogen and oxygen atoms in total. The van der Waals surface area contributed by atoms with Gasteiger partial charge in [0, 0.05) is 17.6 Å². The molecule has 3 fully saturated rings. The molecule has 1 N–H and O–H groups in total. The van der Waals surface area contributed by atoms with E-state index in [0.29, 0.717) is 11.3 Å². The summed E-state index contributed by atoms with van der Waals surface area (Å²) in [5.74, 6) is 2.80. The standard InChI is InChI=1S/C39H60O7/c1-24(2)10-9-11-26(5)32-14-15-33-31-13-12-28-21-30(16-18-38(28,7)34(31)17-19-39(32,33)8)46-35(41)20-27(6)37(43)45-23-29(40)22-44-36(42)25(3)4/h12,24,26,29-34,40H,3,6,9-11,13-23H2,1-2,4-5,7-8H3/t26-,29?,30?,31+,32-,33+,34+,38+,39-/m1/s1. The van der Waals surface area contributed by atoms with Crippen LogP contribution < -0.4 is 0 Å². The molecule has 0 aromatic rings. The van der Waals surface area contributed by atoms with E-state index >= 15 is 0 Å². The summed E-state index contributed by atoms with van der Waals surface area (Å²) in [5.41, 5.74) is 2.26. The highest BCUT2D eigenvalue weighted by molar-refractivity contribution is 5.93. The summed E-state index contributed by atoms with van der Waals surface area (Å²) in [6.45, 7) is 20.3. The molecular formula is C39H60O7. The number of hydrogen-bond donors (Lipinski definition) is 1. The molecule has 46 heavy (non-hydrogen) atoms. The molecule has 4 rings (SSSR count). The van der Waals surface area contributed by atoms with Crippen LogP contribution in [0.25, 0.3) is 0 Å². The van der Waals surface area contributed by atoms with E-state index in [2.05, 4.69) is 53.9 Å². The lowest BCUT2D eigenvalue weighted by Crippen LogP contribution is -2.51. The molecule has 0 bridgehead atoms. The second-order valence-electron chi connectivity index (χ2n) is 16.1. The fraction of sp³-hybridized carbons (Fsp3) is 0.769. The number of carbonyl (C=O) groups is 3. The third-order valence-electron chi connectivity index (χ3n) is 12.4. The van der Waals surface area contributed by atoms with Gasteiger partial charge in [-0.3, -0.25) is 4.79 Å². The van der Waals surface area contributed by atoms with E-state index in [0.717, 1.165) is 55.3 Å². The Morgan fingerprint density at radius 1 is 0.957 bits per heavy atom. The first-order valence-electron chi connectivity index (χ1n) is 17.9. The number of rotatable bonds is 14. The molecular weight excluding hydrogens is 580 g/mol. The Hall–Kier alpha value is -2.41. The minimum atomic E-state index is -1.19. The van der Waals surface area contributed by atoms with Crippen LogP contribution in [0.3, 0.4) is 0 Å². The number of hydrogen-bond acceptors (Lipinski definition) is 7. The molecule has 0 heterocycles. The summed E-state index contributed by atoms with van der Waals surface area (Å²) < 4.78 is 15.8. The van der Waals surface area contributed by atoms with E-state index in [9.17, 15) is 19.5 Å². The van der Waals surface area contributed by atoms with Crippen molar-refractivity contribution in [2.45, 2.75) is 131 Å². The maximum atomic E-state index is 12.8. The van der Waals surface area contributed by atoms with Crippen LogP contribution in [-0.4, -0.2) is 48.4 Å². The molecule has 2 unspecified atom stereocenters. The predicted octanol–water partition coefficient (Wildman–Crippen LogP) is 7.91. The zero-order valence-corrected chi connectivity index (χ0v) is 29.4. The van der Waals surface area contributed by atoms with Crippen LogP contribution in [-0.2, 0) is 28.6 Å². The Bertz CT molecular complexity index is 1180. The number of carbonyl (C=O) groups excluding carboxylic acids is 3. The van der Waals surface area contributed by atoms with E-state index in [1.807, 2.05) is 0 Å². The molecule has 0 aromatic carbocycles. The van der Waals surface area contributed by atoms with Crippen LogP contribution in [0.5, 0.6) is 0 Å². The average molecular weight is 641 g/mol. The third kappa shape index (κ3) is 8.17. The van der Waals surface area contributed by atoms with Crippen molar-refractivity contribution >= 4 is 17.9 Å². The van der Waals surface area contributed by atoms with Gasteiger partial charge in [0.25, 0.3) is 0 Å². The third-order valence-corrected chi connectivity index (χ3v) is 12.4. The van der Waals surface area contributed by atoms with Gasteiger partial charge < -0.3 is 19.3 Å². The number of ether oxygens (including phenoxy) is 3. The first-order valence-corrected chi connectivity index (χ1v) is 17.9. The average Bonchev–Trinajstić information content (AvgIpc) is 3.35. The minimum absolute atomic E-state index is 0.0362. The van der Waals surface area contributed by atoms with Gasteiger partial charge in [-0.05, 0) is 98.2 Å². The number of aliphatic hydroxyl groups excluding tert-OH is 1. The summed E-state index contributed by atoms with van der Waals surface area (Å²) in [4.78, 5) is 36.6. The summed E-state index contributed by atoms with van der Waals surface area (Å²) in [6.07, 6.45) is 14.1. The highest BCUT2D eigenvalue weighted by atomic mass is 16.6. The molecule has 0 spiro atoms. The first-order chi connectivity index (χ1) is 21.7. The maximum absolute atomic E-state index is 12.8. The van der Waals surface area contributed by atoms with E-state index in [4.69, 9.17) is 14.2 Å². The Labute approximate surface area is 277 Å². The zero-order valence-electron chi connectivity index (χ0n) is 29.4. The van der Waals surface area contributed by atoms with Crippen LogP contribution in [0, 0.1) is 46.3 Å². The molecule has 258 valence electrons. The van der Waals surface area contributed by atoms with Crippen molar-refractivity contribution in [2.75, 3.05) is 13.2 Å². The zero-order chi connectivity index (χ0) is 33.8. The number of fused-ring (bicyclic) bond motifs is 5. The van der Waals surface area contributed by atoms with E-state index < -0.39 is 24.0 Å². The van der Waals surface area contributed by atoms with Crippen molar-refractivity contribution in [3.05, 3.63) is 36.0 Å². The first kappa shape index (κ1) is 36.4. The number of esters is 3. The van der Waals surface area contributed by atoms with Crippen LogP contribution >= 0.6 is 0 Å². The molecule has 0 aromatic heterocycles. The largest absolute Gasteiger partial charge is 0.462 e. The van der Waals surface area contributed by atoms with Crippen LogP contribution in [0.15, 0.2) is 36.0 Å². The Kier molecular flexibility index (Phi) is 12.0. The van der Waals surface area contributed by atoms with Gasteiger partial charge in [0.15, 0.2) is 0 Å². The van der Waals surface area contributed by atoms with Crippen LogP contribution in [0.2, 0.25) is 0 Å². The molecule has 0 radical (unpaired) electrons. The van der Waals surface area contributed by atoms with E-state index in [-0.39, 0.29) is 42.3 Å². The fourth-order valence-electron chi connectivity index (χ4n) is 9.84. The van der Waals surface area contributed by atoms with Gasteiger partial charge in [-0.15, -0.1) is 0 Å². The smallest absolute Gasteiger partial charge is 0.334 e. The molecule has 0 aliphatic heterocycles. The van der Waals surface area contributed by atoms with Crippen molar-refractivity contribution in [2.24, 2.45) is 46.3 Å². The van der Waals surface area contributed by atoms with E-state index in [1.54, 1.807) is 0 Å². The monoisotopic (exact) mass is 640 g/mol. The van der Waals surface area contributed by atoms with Crippen molar-refractivity contribution in [3.8, 4) is 0 Å². The molecule has 7 heteroatoms. The molecule has 4 aliphatic carbocycles. The topological polar surface area (TPSA) is 99.1 Å². The van der Waals surface area contributed by atoms with Gasteiger partial charge in [0.2, 0.25) is 0 Å². The highest BCUT2D eigenvalue weighted by Gasteiger charge is 2.59. The lowest BCUT2D eigenvalue weighted by atomic mass is 9.47. The van der Waals surface area contributed by atoms with Crippen molar-refractivity contribution < 1.29 is 33.7 Å². The van der Waals surface area contributed by atoms with Crippen LogP contribution in [0.1, 0.15) is 119 Å². The van der Waals surface area contributed by atoms with Gasteiger partial charge >= 0.3 is 17.9 Å². The Morgan fingerprint density at radius 3 is 2.33 bits per heavy atom. The Morgan fingerprint density at radius 2 is 1.65 bits per heavy atom. The Balaban J connectivity index is 1.26. The summed E-state index contributed by atoms with van der Waals surface area (Å²) in [7, 11) is 0. The van der Waals surface area contributed by atoms with Crippen LogP contribution in [0.4, 0.5) is 0 Å². The quantitative estimate of drug-likeness (QED) is 0.0892. The number of allylic oxidation sites excluding steroid dienone is 1. The van der Waals surface area contributed by atoms with Crippen molar-refractivity contribution in [1.82, 2.24) is 0 Å². The van der Waals surface area contributed by atoms with Crippen molar-refractivity contribution in [1.29, 1.82) is 0 Å². The van der Waals surface area contributed by atoms with Gasteiger partial charge in [-0.25, -0.2) is 9.59 Å². The molecule has 0 amide bonds. The van der Waals surface area contributed by atoms with Crippen molar-refractivity contribution in [3.63, 3.8) is 0 Å². The predicted molar refractivity (Wildman–Crippen MR) is 179 cm³/mol. The molecule has 4 aliphatic rings.